The first-order valence-corrected chi connectivity index (χ1v) is 16.6. The fourth-order valence-corrected chi connectivity index (χ4v) is 5.96. The smallest absolute Gasteiger partial charge is 0.433 e. The number of primary amides is 1. The van der Waals surface area contributed by atoms with Crippen molar-refractivity contribution in [3.63, 3.8) is 0 Å². The lowest BCUT2D eigenvalue weighted by Crippen LogP contribution is -2.12. The van der Waals surface area contributed by atoms with Gasteiger partial charge in [0.05, 0.1) is 45.9 Å². The highest BCUT2D eigenvalue weighted by Crippen LogP contribution is 2.33. The van der Waals surface area contributed by atoms with Gasteiger partial charge in [0, 0.05) is 46.7 Å². The van der Waals surface area contributed by atoms with Gasteiger partial charge < -0.3 is 22.3 Å². The van der Waals surface area contributed by atoms with E-state index in [0.29, 0.717) is 44.5 Å². The van der Waals surface area contributed by atoms with Crippen LogP contribution in [0.3, 0.4) is 0 Å². The summed E-state index contributed by atoms with van der Waals surface area (Å²) in [5.74, 6) is -2.04. The van der Waals surface area contributed by atoms with E-state index in [1.54, 1.807) is 36.5 Å². The summed E-state index contributed by atoms with van der Waals surface area (Å²) in [6, 6.07) is 16.4. The van der Waals surface area contributed by atoms with E-state index in [1.807, 2.05) is 0 Å². The van der Waals surface area contributed by atoms with Gasteiger partial charge in [-0.25, -0.2) is 24.1 Å². The van der Waals surface area contributed by atoms with Crippen molar-refractivity contribution in [1.82, 2.24) is 39.5 Å². The number of amides is 1. The van der Waals surface area contributed by atoms with Crippen molar-refractivity contribution in [2.45, 2.75) is 12.4 Å². The van der Waals surface area contributed by atoms with Crippen molar-refractivity contribution in [2.75, 3.05) is 11.5 Å². The highest BCUT2D eigenvalue weighted by atomic mass is 19.4. The number of alkyl halides is 6. The Morgan fingerprint density at radius 1 is 0.569 bits per heavy atom. The molecular weight excluding hydrogens is 772 g/mol. The third kappa shape index (κ3) is 7.65. The molecule has 292 valence electrons. The average molecular weight is 798 g/mol. The molecule has 0 fully saturated rings. The summed E-state index contributed by atoms with van der Waals surface area (Å²) in [5.41, 5.74) is 18.7. The number of halogens is 6. The predicted octanol–water partition coefficient (Wildman–Crippen LogP) is 6.96. The van der Waals surface area contributed by atoms with Crippen molar-refractivity contribution in [1.29, 1.82) is 0 Å². The number of benzene rings is 2. The Balaban J connectivity index is 0.000000177. The Kier molecular flexibility index (Phi) is 9.68. The van der Waals surface area contributed by atoms with E-state index in [4.69, 9.17) is 17.2 Å². The zero-order valence-corrected chi connectivity index (χ0v) is 29.2. The van der Waals surface area contributed by atoms with Gasteiger partial charge in [0.15, 0.2) is 11.6 Å². The summed E-state index contributed by atoms with van der Waals surface area (Å²) >= 11 is 0. The van der Waals surface area contributed by atoms with Crippen molar-refractivity contribution in [3.8, 4) is 33.9 Å². The second-order valence-electron chi connectivity index (χ2n) is 12.5. The molecule has 0 aliphatic heterocycles. The molecule has 8 rings (SSSR count). The van der Waals surface area contributed by atoms with Crippen LogP contribution in [0.1, 0.15) is 32.1 Å². The number of nitrogen functional groups attached to an aromatic ring is 2. The maximum Gasteiger partial charge on any atom is 0.433 e. The Hall–Kier alpha value is -7.90. The number of nitrogens with two attached hydrogens (primary N) is 3. The highest BCUT2D eigenvalue weighted by Gasteiger charge is 2.34. The van der Waals surface area contributed by atoms with E-state index in [0.717, 1.165) is 12.1 Å². The quantitative estimate of drug-likeness (QED) is 0.126. The number of aromatic nitrogens is 8. The molecule has 0 saturated heterocycles. The summed E-state index contributed by atoms with van der Waals surface area (Å²) in [6.45, 7) is 0. The Morgan fingerprint density at radius 3 is 1.40 bits per heavy atom. The number of hydrogen-bond acceptors (Lipinski definition) is 10. The molecule has 0 radical (unpaired) electrons. The third-order valence-corrected chi connectivity index (χ3v) is 8.54. The Bertz CT molecular complexity index is 2690. The SMILES string of the molecule is NC(=O)c1cc(-c2cncc(N)c2)cc2c1cnn2-c1cccc(C(F)(F)F)n1.Nc1cncc(-c2cc(C(=O)O)c3cnn(-c4cccc(C(F)(F)F)n4)c3c2)c1. The molecule has 0 bridgehead atoms. The number of carboxylic acids is 1. The molecule has 0 atom stereocenters. The molecule has 2 aromatic carbocycles. The molecule has 1 amide bonds. The van der Waals surface area contributed by atoms with Gasteiger partial charge in [-0.1, -0.05) is 12.1 Å². The maximum absolute atomic E-state index is 13.0. The topological polar surface area (TPSA) is 220 Å². The number of carbonyl (C=O) groups is 2. The normalized spacial score (nSPS) is 11.7. The molecule has 0 saturated carbocycles. The minimum Gasteiger partial charge on any atom is -0.478 e. The Morgan fingerprint density at radius 2 is 1.00 bits per heavy atom. The van der Waals surface area contributed by atoms with Crippen LogP contribution in [0.2, 0.25) is 0 Å². The van der Waals surface area contributed by atoms with Gasteiger partial charge in [-0.3, -0.25) is 14.8 Å². The van der Waals surface area contributed by atoms with E-state index in [9.17, 15) is 41.0 Å². The van der Waals surface area contributed by atoms with E-state index in [1.165, 1.54) is 70.7 Å². The number of hydrogen-bond donors (Lipinski definition) is 4. The van der Waals surface area contributed by atoms with Gasteiger partial charge in [-0.2, -0.15) is 36.5 Å². The molecule has 7 N–H and O–H groups in total. The van der Waals surface area contributed by atoms with Gasteiger partial charge in [-0.15, -0.1) is 0 Å². The van der Waals surface area contributed by atoms with E-state index < -0.39 is 35.6 Å². The van der Waals surface area contributed by atoms with Gasteiger partial charge in [0.25, 0.3) is 0 Å². The van der Waals surface area contributed by atoms with Crippen molar-refractivity contribution in [2.24, 2.45) is 5.73 Å². The molecule has 0 unspecified atom stereocenters. The highest BCUT2D eigenvalue weighted by molar-refractivity contribution is 6.07. The zero-order chi connectivity index (χ0) is 41.5. The first-order chi connectivity index (χ1) is 27.5. The number of pyridine rings is 4. The number of rotatable bonds is 6. The summed E-state index contributed by atoms with van der Waals surface area (Å²) in [6.07, 6.45) is -0.622. The average Bonchev–Trinajstić information content (AvgIpc) is 3.82. The number of anilines is 2. The second kappa shape index (κ2) is 14.6. The summed E-state index contributed by atoms with van der Waals surface area (Å²) in [5, 5.41) is 18.4. The molecule has 0 spiro atoms. The van der Waals surface area contributed by atoms with Crippen LogP contribution in [0.5, 0.6) is 0 Å². The van der Waals surface area contributed by atoms with Crippen molar-refractivity contribution < 1.29 is 41.0 Å². The van der Waals surface area contributed by atoms with E-state index in [2.05, 4.69) is 30.1 Å². The largest absolute Gasteiger partial charge is 0.478 e. The fourth-order valence-electron chi connectivity index (χ4n) is 5.96. The lowest BCUT2D eigenvalue weighted by molar-refractivity contribution is -0.141. The number of aromatic carboxylic acids is 1. The molecule has 8 aromatic rings. The van der Waals surface area contributed by atoms with Crippen LogP contribution in [0.25, 0.3) is 55.7 Å². The van der Waals surface area contributed by atoms with E-state index in [-0.39, 0.29) is 33.7 Å². The zero-order valence-electron chi connectivity index (χ0n) is 29.2. The number of carbonyl (C=O) groups excluding carboxylic acids is 1. The number of nitrogens with zero attached hydrogens (tertiary/aromatic N) is 8. The lowest BCUT2D eigenvalue weighted by atomic mass is 10.0. The van der Waals surface area contributed by atoms with Gasteiger partial charge >= 0.3 is 18.3 Å². The minimum absolute atomic E-state index is 0.0481. The molecular formula is C38H25F6N11O3. The minimum atomic E-state index is -4.62. The van der Waals surface area contributed by atoms with Gasteiger partial charge in [0.1, 0.15) is 11.4 Å². The third-order valence-electron chi connectivity index (χ3n) is 8.54. The first kappa shape index (κ1) is 38.4. The molecule has 6 heterocycles. The van der Waals surface area contributed by atoms with Crippen LogP contribution in [0, 0.1) is 0 Å². The van der Waals surface area contributed by atoms with Crippen LogP contribution in [-0.4, -0.2) is 56.5 Å². The van der Waals surface area contributed by atoms with Crippen molar-refractivity contribution >= 4 is 45.1 Å². The molecule has 14 nitrogen and oxygen atoms in total. The monoisotopic (exact) mass is 797 g/mol. The number of carboxylic acid groups (broad SMARTS) is 1. The van der Waals surface area contributed by atoms with Gasteiger partial charge in [-0.05, 0) is 71.8 Å². The maximum atomic E-state index is 13.0. The number of fused-ring (bicyclic) bond motifs is 2. The Labute approximate surface area is 321 Å². The molecule has 6 aromatic heterocycles. The van der Waals surface area contributed by atoms with Crippen molar-refractivity contribution in [3.05, 3.63) is 132 Å². The van der Waals surface area contributed by atoms with Crippen LogP contribution >= 0.6 is 0 Å². The standard InChI is InChI=1S/C19H13F3N6O.C19H12F3N5O2/c20-19(21,22)16-2-1-3-17(27-16)28-15-6-10(11-4-12(23)8-25-7-11)5-13(18(24)29)14(15)9-26-28;20-19(21,22)16-2-1-3-17(26-16)27-15-6-10(11-4-12(23)8-24-7-11)5-13(18(28)29)14(15)9-25-27/h1-9H,23H2,(H2,24,29);1-9H,23H2,(H,28,29). The molecule has 0 aliphatic rings. The van der Waals surface area contributed by atoms with E-state index >= 15 is 0 Å². The summed E-state index contributed by atoms with van der Waals surface area (Å²) in [4.78, 5) is 39.0. The predicted molar refractivity (Wildman–Crippen MR) is 198 cm³/mol. The second-order valence-corrected chi connectivity index (χ2v) is 12.5. The van der Waals surface area contributed by atoms with Gasteiger partial charge in [0.2, 0.25) is 5.91 Å². The molecule has 0 aliphatic carbocycles. The summed E-state index contributed by atoms with van der Waals surface area (Å²) in [7, 11) is 0. The molecule has 20 heteroatoms. The van der Waals surface area contributed by atoms with Crippen LogP contribution in [-0.2, 0) is 12.4 Å². The van der Waals surface area contributed by atoms with Crippen LogP contribution in [0.15, 0.2) is 110 Å². The van der Waals surface area contributed by atoms with Crippen LogP contribution < -0.4 is 17.2 Å². The fraction of sp³-hybridized carbons (Fsp3) is 0.0526. The first-order valence-electron chi connectivity index (χ1n) is 16.6. The lowest BCUT2D eigenvalue weighted by Gasteiger charge is -2.10. The summed E-state index contributed by atoms with van der Waals surface area (Å²) < 4.78 is 80.6. The van der Waals surface area contributed by atoms with Crippen LogP contribution in [0.4, 0.5) is 37.7 Å². The molecule has 58 heavy (non-hydrogen) atoms.